The Bertz CT molecular complexity index is 1260. The summed E-state index contributed by atoms with van der Waals surface area (Å²) in [5.74, 6) is -0.370. The standard InChI is InChI=1S/C22H11NO2S4/c24-19-13-3-1-2-4-14(13)20(25)15(19)11-12-5-6-18(28-12)23-16-7-9-26-21(16)29-22-17(23)8-10-27-22/h1-11H. The van der Waals surface area contributed by atoms with Gasteiger partial charge in [0.05, 0.1) is 25.4 Å². The number of hydrogen-bond acceptors (Lipinski definition) is 7. The summed E-state index contributed by atoms with van der Waals surface area (Å²) < 4.78 is 2.56. The highest BCUT2D eigenvalue weighted by atomic mass is 32.2. The number of allylic oxidation sites excluding steroid dienone is 1. The number of hydrogen-bond donors (Lipinski definition) is 0. The molecule has 0 unspecified atom stereocenters. The second kappa shape index (κ2) is 6.53. The van der Waals surface area contributed by atoms with Crippen LogP contribution in [0.25, 0.3) is 6.08 Å². The summed E-state index contributed by atoms with van der Waals surface area (Å²) in [7, 11) is 0. The van der Waals surface area contributed by atoms with Crippen LogP contribution in [0.2, 0.25) is 0 Å². The molecule has 3 aromatic heterocycles. The predicted octanol–water partition coefficient (Wildman–Crippen LogP) is 7.27. The zero-order chi connectivity index (χ0) is 19.5. The second-order valence-corrected chi connectivity index (χ2v) is 11.0. The highest BCUT2D eigenvalue weighted by Gasteiger charge is 2.33. The van der Waals surface area contributed by atoms with Crippen molar-refractivity contribution in [2.45, 2.75) is 8.42 Å². The first-order valence-corrected chi connectivity index (χ1v) is 12.2. The van der Waals surface area contributed by atoms with Crippen molar-refractivity contribution in [1.82, 2.24) is 0 Å². The van der Waals surface area contributed by atoms with E-state index in [1.807, 2.05) is 17.8 Å². The molecule has 0 fully saturated rings. The van der Waals surface area contributed by atoms with Crippen molar-refractivity contribution >= 4 is 79.8 Å². The van der Waals surface area contributed by atoms with Gasteiger partial charge in [-0.1, -0.05) is 36.0 Å². The quantitative estimate of drug-likeness (QED) is 0.210. The number of nitrogens with zero attached hydrogens (tertiary/aromatic N) is 1. The van der Waals surface area contributed by atoms with Crippen LogP contribution in [0.5, 0.6) is 0 Å². The maximum atomic E-state index is 12.7. The molecule has 29 heavy (non-hydrogen) atoms. The average molecular weight is 450 g/mol. The number of benzene rings is 1. The van der Waals surface area contributed by atoms with Crippen molar-refractivity contribution in [2.75, 3.05) is 4.90 Å². The molecular weight excluding hydrogens is 439 g/mol. The van der Waals surface area contributed by atoms with Gasteiger partial charge in [-0.25, -0.2) is 0 Å². The van der Waals surface area contributed by atoms with Crippen LogP contribution in [0.1, 0.15) is 25.6 Å². The summed E-state index contributed by atoms with van der Waals surface area (Å²) in [6, 6.07) is 15.4. The highest BCUT2D eigenvalue weighted by molar-refractivity contribution is 8.03. The average Bonchev–Trinajstić information content (AvgIpc) is 3.51. The lowest BCUT2D eigenvalue weighted by Crippen LogP contribution is -2.10. The number of rotatable bonds is 2. The van der Waals surface area contributed by atoms with Gasteiger partial charge in [0, 0.05) is 16.0 Å². The number of fused-ring (bicyclic) bond motifs is 3. The Hall–Kier alpha value is -2.45. The molecule has 4 heterocycles. The largest absolute Gasteiger partial charge is 0.298 e. The van der Waals surface area contributed by atoms with Gasteiger partial charge < -0.3 is 0 Å². The molecule has 0 N–H and O–H groups in total. The zero-order valence-electron chi connectivity index (χ0n) is 14.7. The molecule has 6 rings (SSSR count). The lowest BCUT2D eigenvalue weighted by Gasteiger charge is -2.27. The van der Waals surface area contributed by atoms with Crippen LogP contribution >= 0.6 is 45.8 Å². The van der Waals surface area contributed by atoms with E-state index in [9.17, 15) is 9.59 Å². The summed E-state index contributed by atoms with van der Waals surface area (Å²) in [5, 5.41) is 5.31. The summed E-state index contributed by atoms with van der Waals surface area (Å²) >= 11 is 6.90. The van der Waals surface area contributed by atoms with E-state index < -0.39 is 0 Å². The van der Waals surface area contributed by atoms with Crippen molar-refractivity contribution in [2.24, 2.45) is 0 Å². The van der Waals surface area contributed by atoms with Crippen LogP contribution in [0, 0.1) is 0 Å². The van der Waals surface area contributed by atoms with E-state index in [2.05, 4.69) is 33.9 Å². The smallest absolute Gasteiger partial charge is 0.197 e. The lowest BCUT2D eigenvalue weighted by atomic mass is 10.1. The molecule has 0 radical (unpaired) electrons. The normalized spacial score (nSPS) is 14.8. The zero-order valence-corrected chi connectivity index (χ0v) is 18.0. The first-order valence-electron chi connectivity index (χ1n) is 8.83. The minimum absolute atomic E-state index is 0.185. The fourth-order valence-electron chi connectivity index (χ4n) is 3.60. The third-order valence-electron chi connectivity index (χ3n) is 4.91. The molecule has 2 aliphatic rings. The monoisotopic (exact) mass is 449 g/mol. The van der Waals surface area contributed by atoms with Crippen molar-refractivity contribution in [3.63, 3.8) is 0 Å². The molecule has 0 spiro atoms. The van der Waals surface area contributed by atoms with Gasteiger partial charge in [-0.15, -0.1) is 34.0 Å². The second-order valence-electron chi connectivity index (χ2n) is 6.56. The Morgan fingerprint density at radius 3 is 2.00 bits per heavy atom. The molecule has 0 atom stereocenters. The Morgan fingerprint density at radius 2 is 1.38 bits per heavy atom. The summed E-state index contributed by atoms with van der Waals surface area (Å²) in [5.41, 5.74) is 3.62. The fourth-order valence-corrected chi connectivity index (χ4v) is 7.85. The van der Waals surface area contributed by atoms with E-state index in [4.69, 9.17) is 0 Å². The molecule has 1 aliphatic carbocycles. The summed E-state index contributed by atoms with van der Waals surface area (Å²) in [6.45, 7) is 0. The predicted molar refractivity (Wildman–Crippen MR) is 122 cm³/mol. The minimum atomic E-state index is -0.185. The van der Waals surface area contributed by atoms with E-state index in [-0.39, 0.29) is 17.1 Å². The molecule has 4 aromatic rings. The van der Waals surface area contributed by atoms with E-state index in [1.165, 1.54) is 19.8 Å². The molecule has 0 saturated carbocycles. The van der Waals surface area contributed by atoms with Gasteiger partial charge in [0.2, 0.25) is 0 Å². The number of thiophene rings is 3. The van der Waals surface area contributed by atoms with Crippen LogP contribution < -0.4 is 4.90 Å². The molecule has 0 bridgehead atoms. The van der Waals surface area contributed by atoms with Crippen LogP contribution in [-0.4, -0.2) is 11.6 Å². The Labute approximate surface area is 182 Å². The van der Waals surface area contributed by atoms with Crippen molar-refractivity contribution in [1.29, 1.82) is 0 Å². The number of Topliss-reactive ketones (excluding diaryl/α,β-unsaturated/α-hetero) is 2. The summed E-state index contributed by atoms with van der Waals surface area (Å²) in [4.78, 5) is 28.5. The highest BCUT2D eigenvalue weighted by Crippen LogP contribution is 2.56. The summed E-state index contributed by atoms with van der Waals surface area (Å²) in [6.07, 6.45) is 1.74. The van der Waals surface area contributed by atoms with Gasteiger partial charge >= 0.3 is 0 Å². The third-order valence-corrected chi connectivity index (χ3v) is 9.19. The minimum Gasteiger partial charge on any atom is -0.298 e. The van der Waals surface area contributed by atoms with Gasteiger partial charge in [0.25, 0.3) is 0 Å². The molecule has 0 amide bonds. The first-order chi connectivity index (χ1) is 14.2. The maximum absolute atomic E-state index is 12.7. The number of carbonyl (C=O) groups excluding carboxylic acids is 2. The van der Waals surface area contributed by atoms with Crippen molar-refractivity contribution in [3.8, 4) is 0 Å². The molecule has 0 saturated heterocycles. The molecule has 1 aromatic carbocycles. The van der Waals surface area contributed by atoms with Gasteiger partial charge in [-0.3, -0.25) is 14.5 Å². The Morgan fingerprint density at radius 1 is 0.759 bits per heavy atom. The van der Waals surface area contributed by atoms with Gasteiger partial charge in [0.1, 0.15) is 5.00 Å². The number of anilines is 3. The number of ketones is 2. The molecule has 7 heteroatoms. The topological polar surface area (TPSA) is 37.4 Å². The molecule has 3 nitrogen and oxygen atoms in total. The van der Waals surface area contributed by atoms with E-state index in [0.717, 1.165) is 9.88 Å². The van der Waals surface area contributed by atoms with E-state index >= 15 is 0 Å². The number of carbonyl (C=O) groups is 2. The lowest BCUT2D eigenvalue weighted by molar-refractivity contribution is 0.0990. The molecular formula is C22H11NO2S4. The SMILES string of the molecule is O=C1C(=Cc2ccc(N3c4ccsc4Sc4sccc43)s2)C(=O)c2ccccc21. The van der Waals surface area contributed by atoms with Crippen LogP contribution in [-0.2, 0) is 0 Å². The van der Waals surface area contributed by atoms with Crippen LogP contribution in [0.4, 0.5) is 16.4 Å². The van der Waals surface area contributed by atoms with Gasteiger partial charge in [0.15, 0.2) is 11.6 Å². The molecule has 1 aliphatic heterocycles. The van der Waals surface area contributed by atoms with Gasteiger partial charge in [-0.05, 0) is 41.1 Å². The van der Waals surface area contributed by atoms with E-state index in [1.54, 1.807) is 64.4 Å². The van der Waals surface area contributed by atoms with Crippen molar-refractivity contribution < 1.29 is 9.59 Å². The van der Waals surface area contributed by atoms with Crippen LogP contribution in [0.3, 0.4) is 0 Å². The maximum Gasteiger partial charge on any atom is 0.197 e. The van der Waals surface area contributed by atoms with Crippen molar-refractivity contribution in [3.05, 3.63) is 80.9 Å². The fraction of sp³-hybridized carbons (Fsp3) is 0. The Kier molecular flexibility index (Phi) is 3.92. The first kappa shape index (κ1) is 17.4. The van der Waals surface area contributed by atoms with Crippen LogP contribution in [0.15, 0.2) is 73.3 Å². The third kappa shape index (κ3) is 2.62. The van der Waals surface area contributed by atoms with E-state index in [0.29, 0.717) is 11.1 Å². The molecule has 140 valence electrons. The Balaban J connectivity index is 1.41. The van der Waals surface area contributed by atoms with Gasteiger partial charge in [-0.2, -0.15) is 0 Å².